The van der Waals surface area contributed by atoms with Crippen LogP contribution in [0, 0.1) is 0 Å². The lowest BCUT2D eigenvalue weighted by Gasteiger charge is -2.35. The monoisotopic (exact) mass is 391 g/mol. The summed E-state index contributed by atoms with van der Waals surface area (Å²) in [6.07, 6.45) is 5.08. The SMILES string of the molecule is CN(C(=O)c1ccc(CN2C(=O)CCC2=O)cc1)C1CC2CCC(C1)N2.Cl. The Morgan fingerprint density at radius 3 is 2.19 bits per heavy atom. The molecule has 0 aliphatic carbocycles. The summed E-state index contributed by atoms with van der Waals surface area (Å²) < 4.78 is 0. The van der Waals surface area contributed by atoms with Crippen LogP contribution in [0.25, 0.3) is 0 Å². The Bertz CT molecular complexity index is 708. The van der Waals surface area contributed by atoms with Gasteiger partial charge in [0.25, 0.3) is 5.91 Å². The van der Waals surface area contributed by atoms with E-state index in [4.69, 9.17) is 0 Å². The Kier molecular flexibility index (Phi) is 5.86. The molecule has 2 bridgehead atoms. The summed E-state index contributed by atoms with van der Waals surface area (Å²) in [5, 5.41) is 3.61. The van der Waals surface area contributed by atoms with Gasteiger partial charge >= 0.3 is 0 Å². The van der Waals surface area contributed by atoms with E-state index < -0.39 is 0 Å². The van der Waals surface area contributed by atoms with Crippen molar-refractivity contribution in [2.24, 2.45) is 0 Å². The zero-order valence-electron chi connectivity index (χ0n) is 15.5. The van der Waals surface area contributed by atoms with Gasteiger partial charge in [0, 0.05) is 43.6 Å². The van der Waals surface area contributed by atoms with Crippen LogP contribution in [-0.4, -0.2) is 52.7 Å². The van der Waals surface area contributed by atoms with E-state index in [9.17, 15) is 14.4 Å². The van der Waals surface area contributed by atoms with Crippen molar-refractivity contribution in [1.29, 1.82) is 0 Å². The largest absolute Gasteiger partial charge is 0.339 e. The highest BCUT2D eigenvalue weighted by Gasteiger charge is 2.36. The molecule has 3 heterocycles. The maximum absolute atomic E-state index is 12.8. The van der Waals surface area contributed by atoms with E-state index in [0.29, 0.717) is 43.1 Å². The van der Waals surface area contributed by atoms with Crippen LogP contribution in [0.3, 0.4) is 0 Å². The predicted octanol–water partition coefficient (Wildman–Crippen LogP) is 2.11. The fraction of sp³-hybridized carbons (Fsp3) is 0.550. The number of amides is 3. The van der Waals surface area contributed by atoms with Crippen LogP contribution in [0.1, 0.15) is 54.4 Å². The van der Waals surface area contributed by atoms with Gasteiger partial charge in [-0.05, 0) is 43.4 Å². The minimum absolute atomic E-state index is 0. The van der Waals surface area contributed by atoms with Crippen molar-refractivity contribution in [3.05, 3.63) is 35.4 Å². The number of piperidine rings is 1. The fourth-order valence-corrected chi connectivity index (χ4v) is 4.45. The number of imide groups is 1. The number of hydrogen-bond acceptors (Lipinski definition) is 4. The van der Waals surface area contributed by atoms with Crippen LogP contribution in [0.5, 0.6) is 0 Å². The molecule has 0 radical (unpaired) electrons. The first-order chi connectivity index (χ1) is 12.5. The molecule has 6 nitrogen and oxygen atoms in total. The number of rotatable bonds is 4. The number of carbonyl (C=O) groups excluding carboxylic acids is 3. The first kappa shape index (κ1) is 19.8. The van der Waals surface area contributed by atoms with E-state index in [-0.39, 0.29) is 30.1 Å². The molecule has 1 aromatic rings. The van der Waals surface area contributed by atoms with Gasteiger partial charge in [-0.15, -0.1) is 12.4 Å². The molecule has 3 aliphatic rings. The van der Waals surface area contributed by atoms with E-state index in [1.54, 1.807) is 12.1 Å². The second-order valence-electron chi connectivity index (χ2n) is 7.75. The summed E-state index contributed by atoms with van der Waals surface area (Å²) in [4.78, 5) is 39.5. The standard InChI is InChI=1S/C20H25N3O3.ClH/c1-22(17-10-15-6-7-16(11-17)21-15)20(26)14-4-2-13(3-5-14)12-23-18(24)8-9-19(23)25;/h2-5,15-17,21H,6-12H2,1H3;1H. The van der Waals surface area contributed by atoms with E-state index in [1.165, 1.54) is 17.7 Å². The number of benzene rings is 1. The van der Waals surface area contributed by atoms with Crippen LogP contribution in [0.2, 0.25) is 0 Å². The van der Waals surface area contributed by atoms with Gasteiger partial charge in [0.05, 0.1) is 6.54 Å². The molecule has 2 atom stereocenters. The van der Waals surface area contributed by atoms with Gasteiger partial charge < -0.3 is 10.2 Å². The van der Waals surface area contributed by atoms with Crippen molar-refractivity contribution >= 4 is 30.1 Å². The molecule has 7 heteroatoms. The molecule has 3 amide bonds. The maximum Gasteiger partial charge on any atom is 0.253 e. The van der Waals surface area contributed by atoms with Gasteiger partial charge in [-0.3, -0.25) is 19.3 Å². The highest BCUT2D eigenvalue weighted by atomic mass is 35.5. The van der Waals surface area contributed by atoms with Gasteiger partial charge in [-0.25, -0.2) is 0 Å². The zero-order chi connectivity index (χ0) is 18.3. The molecule has 3 aliphatic heterocycles. The van der Waals surface area contributed by atoms with Crippen LogP contribution in [-0.2, 0) is 16.1 Å². The summed E-state index contributed by atoms with van der Waals surface area (Å²) >= 11 is 0. The van der Waals surface area contributed by atoms with E-state index in [1.807, 2.05) is 24.1 Å². The van der Waals surface area contributed by atoms with Crippen molar-refractivity contribution < 1.29 is 14.4 Å². The highest BCUT2D eigenvalue weighted by Crippen LogP contribution is 2.30. The minimum atomic E-state index is -0.115. The quantitative estimate of drug-likeness (QED) is 0.798. The van der Waals surface area contributed by atoms with E-state index >= 15 is 0 Å². The highest BCUT2D eigenvalue weighted by molar-refractivity contribution is 6.01. The van der Waals surface area contributed by atoms with Gasteiger partial charge in [-0.2, -0.15) is 0 Å². The van der Waals surface area contributed by atoms with Gasteiger partial charge in [0.1, 0.15) is 0 Å². The number of nitrogens with zero attached hydrogens (tertiary/aromatic N) is 2. The van der Waals surface area contributed by atoms with Crippen molar-refractivity contribution in [3.63, 3.8) is 0 Å². The normalized spacial score (nSPS) is 26.9. The predicted molar refractivity (Wildman–Crippen MR) is 104 cm³/mol. The molecule has 0 saturated carbocycles. The molecular formula is C20H26ClN3O3. The molecule has 146 valence electrons. The summed E-state index contributed by atoms with van der Waals surface area (Å²) in [7, 11) is 1.90. The summed E-state index contributed by atoms with van der Waals surface area (Å²) in [5.74, 6) is -0.193. The first-order valence-electron chi connectivity index (χ1n) is 9.46. The Balaban J connectivity index is 0.00000210. The second-order valence-corrected chi connectivity index (χ2v) is 7.75. The van der Waals surface area contributed by atoms with E-state index in [0.717, 1.165) is 18.4 Å². The van der Waals surface area contributed by atoms with Gasteiger partial charge in [0.15, 0.2) is 0 Å². The molecule has 4 rings (SSSR count). The number of hydrogen-bond donors (Lipinski definition) is 1. The number of likely N-dealkylation sites (tertiary alicyclic amines) is 1. The molecular weight excluding hydrogens is 366 g/mol. The topological polar surface area (TPSA) is 69.7 Å². The summed E-state index contributed by atoms with van der Waals surface area (Å²) in [6, 6.07) is 8.67. The van der Waals surface area contributed by atoms with Crippen molar-refractivity contribution in [1.82, 2.24) is 15.1 Å². The molecule has 1 N–H and O–H groups in total. The lowest BCUT2D eigenvalue weighted by molar-refractivity contribution is -0.139. The zero-order valence-corrected chi connectivity index (χ0v) is 16.3. The molecule has 27 heavy (non-hydrogen) atoms. The van der Waals surface area contributed by atoms with Crippen LogP contribution in [0.15, 0.2) is 24.3 Å². The Morgan fingerprint density at radius 1 is 1.07 bits per heavy atom. The molecule has 3 fully saturated rings. The second kappa shape index (κ2) is 7.98. The molecule has 0 aromatic heterocycles. The number of nitrogens with one attached hydrogen (secondary N) is 1. The first-order valence-corrected chi connectivity index (χ1v) is 9.46. The average Bonchev–Trinajstić information content (AvgIpc) is 3.16. The number of halogens is 1. The third-order valence-electron chi connectivity index (χ3n) is 6.01. The number of fused-ring (bicyclic) bond motifs is 2. The Labute approximate surface area is 165 Å². The average molecular weight is 392 g/mol. The maximum atomic E-state index is 12.8. The van der Waals surface area contributed by atoms with Crippen molar-refractivity contribution in [2.45, 2.75) is 63.2 Å². The molecule has 1 aromatic carbocycles. The lowest BCUT2D eigenvalue weighted by atomic mass is 9.98. The molecule has 2 unspecified atom stereocenters. The number of carbonyl (C=O) groups is 3. The van der Waals surface area contributed by atoms with Crippen LogP contribution >= 0.6 is 12.4 Å². The smallest absolute Gasteiger partial charge is 0.253 e. The third-order valence-corrected chi connectivity index (χ3v) is 6.01. The van der Waals surface area contributed by atoms with Crippen LogP contribution in [0.4, 0.5) is 0 Å². The summed E-state index contributed by atoms with van der Waals surface area (Å²) in [5.41, 5.74) is 1.52. The van der Waals surface area contributed by atoms with E-state index in [2.05, 4.69) is 5.32 Å². The fourth-order valence-electron chi connectivity index (χ4n) is 4.45. The Morgan fingerprint density at radius 2 is 1.63 bits per heavy atom. The van der Waals surface area contributed by atoms with Crippen molar-refractivity contribution in [2.75, 3.05) is 7.05 Å². The molecule has 3 saturated heterocycles. The van der Waals surface area contributed by atoms with Gasteiger partial charge in [0.2, 0.25) is 11.8 Å². The van der Waals surface area contributed by atoms with Crippen molar-refractivity contribution in [3.8, 4) is 0 Å². The molecule has 0 spiro atoms. The summed E-state index contributed by atoms with van der Waals surface area (Å²) in [6.45, 7) is 0.291. The van der Waals surface area contributed by atoms with Crippen LogP contribution < -0.4 is 5.32 Å². The minimum Gasteiger partial charge on any atom is -0.339 e. The van der Waals surface area contributed by atoms with Gasteiger partial charge in [-0.1, -0.05) is 12.1 Å². The Hall–Kier alpha value is -1.92. The lowest BCUT2D eigenvalue weighted by Crippen LogP contribution is -2.48. The third kappa shape index (κ3) is 4.01.